The average molecular weight is 203 g/mol. The third kappa shape index (κ3) is 2.10. The van der Waals surface area contributed by atoms with Crippen molar-refractivity contribution in [3.05, 3.63) is 35.9 Å². The van der Waals surface area contributed by atoms with Crippen LogP contribution in [0.4, 0.5) is 0 Å². The van der Waals surface area contributed by atoms with E-state index in [0.29, 0.717) is 5.78 Å². The predicted molar refractivity (Wildman–Crippen MR) is 60.5 cm³/mol. The smallest absolute Gasteiger partial charge is 0.153 e. The van der Waals surface area contributed by atoms with Crippen molar-refractivity contribution in [3.8, 4) is 0 Å². The summed E-state index contributed by atoms with van der Waals surface area (Å²) in [6.07, 6.45) is 0. The van der Waals surface area contributed by atoms with Crippen LogP contribution in [-0.4, -0.2) is 23.3 Å². The van der Waals surface area contributed by atoms with Gasteiger partial charge in [0.05, 0.1) is 6.04 Å². The summed E-state index contributed by atoms with van der Waals surface area (Å²) >= 11 is 0. The number of benzene rings is 1. The molecule has 15 heavy (non-hydrogen) atoms. The highest BCUT2D eigenvalue weighted by molar-refractivity contribution is 5.87. The van der Waals surface area contributed by atoms with Crippen molar-refractivity contribution in [1.29, 1.82) is 0 Å². The summed E-state index contributed by atoms with van der Waals surface area (Å²) in [6, 6.07) is 10.4. The monoisotopic (exact) mass is 203 g/mol. The maximum atomic E-state index is 11.7. The van der Waals surface area contributed by atoms with Gasteiger partial charge in [0.2, 0.25) is 0 Å². The molecule has 2 rings (SSSR count). The highest BCUT2D eigenvalue weighted by Crippen LogP contribution is 2.21. The minimum atomic E-state index is 0.0835. The average Bonchev–Trinajstić information content (AvgIpc) is 2.48. The molecule has 2 atom stereocenters. The predicted octanol–water partition coefficient (Wildman–Crippen LogP) is 2.10. The molecule has 0 aliphatic carbocycles. The summed E-state index contributed by atoms with van der Waals surface area (Å²) in [5, 5.41) is 0. The summed E-state index contributed by atoms with van der Waals surface area (Å²) in [7, 11) is 0. The third-order valence-corrected chi connectivity index (χ3v) is 3.18. The van der Waals surface area contributed by atoms with E-state index in [0.717, 1.165) is 13.1 Å². The molecule has 0 aromatic heterocycles. The Balaban J connectivity index is 2.05. The van der Waals surface area contributed by atoms with Gasteiger partial charge in [-0.25, -0.2) is 0 Å². The first-order valence-electron chi connectivity index (χ1n) is 5.50. The normalized spacial score (nSPS) is 27.2. The molecule has 1 aliphatic heterocycles. The van der Waals surface area contributed by atoms with Crippen LogP contribution >= 0.6 is 0 Å². The van der Waals surface area contributed by atoms with E-state index in [4.69, 9.17) is 0 Å². The number of carbonyl (C=O) groups is 1. The van der Waals surface area contributed by atoms with E-state index in [1.54, 1.807) is 0 Å². The number of nitrogens with zero attached hydrogens (tertiary/aromatic N) is 1. The Kier molecular flexibility index (Phi) is 2.87. The minimum Gasteiger partial charge on any atom is -0.298 e. The van der Waals surface area contributed by atoms with Gasteiger partial charge in [-0.05, 0) is 12.5 Å². The molecule has 0 saturated carbocycles. The van der Waals surface area contributed by atoms with Gasteiger partial charge in [-0.3, -0.25) is 9.69 Å². The summed E-state index contributed by atoms with van der Waals surface area (Å²) in [4.78, 5) is 13.9. The van der Waals surface area contributed by atoms with Gasteiger partial charge >= 0.3 is 0 Å². The highest BCUT2D eigenvalue weighted by Gasteiger charge is 2.34. The molecular weight excluding hydrogens is 186 g/mol. The van der Waals surface area contributed by atoms with Gasteiger partial charge in [-0.2, -0.15) is 0 Å². The van der Waals surface area contributed by atoms with E-state index < -0.39 is 0 Å². The first kappa shape index (κ1) is 10.4. The summed E-state index contributed by atoms with van der Waals surface area (Å²) in [5.74, 6) is 0.578. The van der Waals surface area contributed by atoms with E-state index in [2.05, 4.69) is 17.0 Å². The number of rotatable bonds is 2. The first-order valence-corrected chi connectivity index (χ1v) is 5.50. The van der Waals surface area contributed by atoms with Crippen molar-refractivity contribution in [3.63, 3.8) is 0 Å². The van der Waals surface area contributed by atoms with Crippen LogP contribution in [0.25, 0.3) is 0 Å². The van der Waals surface area contributed by atoms with Gasteiger partial charge in [-0.1, -0.05) is 37.3 Å². The second-order valence-corrected chi connectivity index (χ2v) is 4.39. The minimum absolute atomic E-state index is 0.0835. The molecule has 1 heterocycles. The number of Topliss-reactive ketones (excluding diaryl/α,β-unsaturated/α-hetero) is 1. The van der Waals surface area contributed by atoms with Crippen molar-refractivity contribution in [1.82, 2.24) is 4.90 Å². The summed E-state index contributed by atoms with van der Waals surface area (Å²) < 4.78 is 0. The molecule has 0 amide bonds. The molecule has 0 N–H and O–H groups in total. The van der Waals surface area contributed by atoms with Crippen LogP contribution in [0.1, 0.15) is 19.4 Å². The number of ketones is 1. The molecule has 80 valence electrons. The third-order valence-electron chi connectivity index (χ3n) is 3.18. The van der Waals surface area contributed by atoms with Crippen molar-refractivity contribution < 1.29 is 4.79 Å². The molecule has 2 unspecified atom stereocenters. The van der Waals surface area contributed by atoms with Crippen molar-refractivity contribution >= 4 is 5.78 Å². The Morgan fingerprint density at radius 2 is 1.93 bits per heavy atom. The van der Waals surface area contributed by atoms with E-state index in [9.17, 15) is 4.79 Å². The lowest BCUT2D eigenvalue weighted by atomic mass is 10.1. The molecular formula is C13H17NO. The fourth-order valence-corrected chi connectivity index (χ4v) is 2.21. The molecule has 0 bridgehead atoms. The van der Waals surface area contributed by atoms with Crippen molar-refractivity contribution in [2.24, 2.45) is 5.92 Å². The zero-order chi connectivity index (χ0) is 10.8. The molecule has 2 heteroatoms. The Labute approximate surface area is 90.9 Å². The van der Waals surface area contributed by atoms with Gasteiger partial charge in [0, 0.05) is 19.0 Å². The SMILES string of the molecule is CC1CN(Cc2ccccc2)C(C)C1=O. The Bertz CT molecular complexity index is 347. The second kappa shape index (κ2) is 4.15. The molecule has 0 radical (unpaired) electrons. The molecule has 0 spiro atoms. The Morgan fingerprint density at radius 3 is 2.47 bits per heavy atom. The fourth-order valence-electron chi connectivity index (χ4n) is 2.21. The van der Waals surface area contributed by atoms with Gasteiger partial charge in [-0.15, -0.1) is 0 Å². The summed E-state index contributed by atoms with van der Waals surface area (Å²) in [6.45, 7) is 5.81. The lowest BCUT2D eigenvalue weighted by Crippen LogP contribution is -2.29. The van der Waals surface area contributed by atoms with Crippen LogP contribution < -0.4 is 0 Å². The van der Waals surface area contributed by atoms with Gasteiger partial charge in [0.15, 0.2) is 5.78 Å². The fraction of sp³-hybridized carbons (Fsp3) is 0.462. The zero-order valence-electron chi connectivity index (χ0n) is 9.31. The van der Waals surface area contributed by atoms with Crippen LogP contribution in [0.3, 0.4) is 0 Å². The van der Waals surface area contributed by atoms with Crippen LogP contribution in [0, 0.1) is 5.92 Å². The van der Waals surface area contributed by atoms with Gasteiger partial charge < -0.3 is 0 Å². The quantitative estimate of drug-likeness (QED) is 0.733. The maximum Gasteiger partial charge on any atom is 0.153 e. The van der Waals surface area contributed by atoms with Crippen molar-refractivity contribution in [2.45, 2.75) is 26.4 Å². The van der Waals surface area contributed by atoms with Crippen LogP contribution in [0.5, 0.6) is 0 Å². The molecule has 1 saturated heterocycles. The number of likely N-dealkylation sites (tertiary alicyclic amines) is 1. The number of hydrogen-bond acceptors (Lipinski definition) is 2. The summed E-state index contributed by atoms with van der Waals surface area (Å²) in [5.41, 5.74) is 1.28. The number of hydrogen-bond donors (Lipinski definition) is 0. The molecule has 1 fully saturated rings. The number of carbonyl (C=O) groups excluding carboxylic acids is 1. The first-order chi connectivity index (χ1) is 7.18. The highest BCUT2D eigenvalue weighted by atomic mass is 16.1. The van der Waals surface area contributed by atoms with E-state index in [1.807, 2.05) is 32.0 Å². The second-order valence-electron chi connectivity index (χ2n) is 4.39. The van der Waals surface area contributed by atoms with Crippen LogP contribution in [0.2, 0.25) is 0 Å². The van der Waals surface area contributed by atoms with E-state index >= 15 is 0 Å². The topological polar surface area (TPSA) is 20.3 Å². The Hall–Kier alpha value is -1.15. The maximum absolute atomic E-state index is 11.7. The van der Waals surface area contributed by atoms with Gasteiger partial charge in [0.25, 0.3) is 0 Å². The van der Waals surface area contributed by atoms with Crippen LogP contribution in [0.15, 0.2) is 30.3 Å². The lowest BCUT2D eigenvalue weighted by molar-refractivity contribution is -0.121. The van der Waals surface area contributed by atoms with Crippen LogP contribution in [-0.2, 0) is 11.3 Å². The standard InChI is InChI=1S/C13H17NO/c1-10-8-14(11(2)13(10)15)9-12-6-4-3-5-7-12/h3-7,10-11H,8-9H2,1-2H3. The van der Waals surface area contributed by atoms with Crippen molar-refractivity contribution in [2.75, 3.05) is 6.54 Å². The van der Waals surface area contributed by atoms with E-state index in [-0.39, 0.29) is 12.0 Å². The Morgan fingerprint density at radius 1 is 1.27 bits per heavy atom. The van der Waals surface area contributed by atoms with Gasteiger partial charge in [0.1, 0.15) is 0 Å². The zero-order valence-corrected chi connectivity index (χ0v) is 9.31. The molecule has 1 aromatic carbocycles. The largest absolute Gasteiger partial charge is 0.298 e. The molecule has 2 nitrogen and oxygen atoms in total. The lowest BCUT2D eigenvalue weighted by Gasteiger charge is -2.19. The van der Waals surface area contributed by atoms with E-state index in [1.165, 1.54) is 5.56 Å². The molecule has 1 aromatic rings. The molecule has 1 aliphatic rings.